The van der Waals surface area contributed by atoms with Crippen molar-refractivity contribution in [3.05, 3.63) is 41.8 Å². The van der Waals surface area contributed by atoms with E-state index in [-0.39, 0.29) is 5.92 Å². The standard InChI is InChI=1S/C13H17N2OS/c1-9-7-5-6-8-13(9,16-4)15-12-14-10(2)11(3)17-12/h5-9H,1H2,2-4H3,(H,14,15). The Bertz CT molecular complexity index is 444. The van der Waals surface area contributed by atoms with Crippen molar-refractivity contribution in [1.29, 1.82) is 0 Å². The van der Waals surface area contributed by atoms with Crippen molar-refractivity contribution in [3.63, 3.8) is 0 Å². The smallest absolute Gasteiger partial charge is 0.185 e. The Morgan fingerprint density at radius 2 is 2.24 bits per heavy atom. The molecule has 0 spiro atoms. The number of hydrogen-bond acceptors (Lipinski definition) is 4. The Morgan fingerprint density at radius 1 is 1.47 bits per heavy atom. The molecule has 0 fully saturated rings. The zero-order valence-electron chi connectivity index (χ0n) is 10.4. The van der Waals surface area contributed by atoms with Gasteiger partial charge in [0.1, 0.15) is 0 Å². The highest BCUT2D eigenvalue weighted by Gasteiger charge is 2.34. The van der Waals surface area contributed by atoms with Gasteiger partial charge in [-0.25, -0.2) is 4.98 Å². The molecule has 0 saturated heterocycles. The Morgan fingerprint density at radius 3 is 2.76 bits per heavy atom. The first-order valence-electron chi connectivity index (χ1n) is 5.54. The van der Waals surface area contributed by atoms with Gasteiger partial charge in [-0.05, 0) is 26.8 Å². The molecule has 2 atom stereocenters. The Labute approximate surface area is 106 Å². The van der Waals surface area contributed by atoms with Crippen molar-refractivity contribution in [2.45, 2.75) is 19.6 Å². The summed E-state index contributed by atoms with van der Waals surface area (Å²) < 4.78 is 5.60. The van der Waals surface area contributed by atoms with Gasteiger partial charge in [0, 0.05) is 17.9 Å². The van der Waals surface area contributed by atoms with Crippen LogP contribution in [0.2, 0.25) is 0 Å². The summed E-state index contributed by atoms with van der Waals surface area (Å²) in [7, 11) is 1.68. The highest BCUT2D eigenvalue weighted by atomic mass is 32.1. The number of hydrogen-bond donors (Lipinski definition) is 1. The molecule has 0 aliphatic heterocycles. The Hall–Kier alpha value is -1.13. The van der Waals surface area contributed by atoms with E-state index in [4.69, 9.17) is 4.74 Å². The summed E-state index contributed by atoms with van der Waals surface area (Å²) in [6, 6.07) is 0. The van der Waals surface area contributed by atoms with Gasteiger partial charge in [-0.15, -0.1) is 11.3 Å². The second-order valence-electron chi connectivity index (χ2n) is 4.13. The molecule has 1 aliphatic carbocycles. The normalized spacial score (nSPS) is 27.4. The third-order valence-electron chi connectivity index (χ3n) is 3.02. The molecule has 1 aliphatic rings. The van der Waals surface area contributed by atoms with Crippen molar-refractivity contribution in [3.8, 4) is 0 Å². The predicted octanol–water partition coefficient (Wildman–Crippen LogP) is 3.09. The van der Waals surface area contributed by atoms with E-state index in [1.807, 2.05) is 31.2 Å². The summed E-state index contributed by atoms with van der Waals surface area (Å²) in [5.74, 6) is 0.0158. The van der Waals surface area contributed by atoms with Crippen molar-refractivity contribution in [2.24, 2.45) is 5.92 Å². The lowest BCUT2D eigenvalue weighted by molar-refractivity contribution is 0.0340. The highest BCUT2D eigenvalue weighted by Crippen LogP contribution is 2.31. The van der Waals surface area contributed by atoms with Crippen molar-refractivity contribution < 1.29 is 4.74 Å². The first kappa shape index (κ1) is 12.3. The molecular weight excluding hydrogens is 232 g/mol. The monoisotopic (exact) mass is 249 g/mol. The summed E-state index contributed by atoms with van der Waals surface area (Å²) in [6.07, 6.45) is 7.95. The number of thiazole rings is 1. The minimum Gasteiger partial charge on any atom is -0.355 e. The van der Waals surface area contributed by atoms with Gasteiger partial charge in [0.2, 0.25) is 0 Å². The van der Waals surface area contributed by atoms with Crippen LogP contribution in [0.1, 0.15) is 10.6 Å². The Balaban J connectivity index is 2.25. The van der Waals surface area contributed by atoms with Crippen LogP contribution < -0.4 is 5.32 Å². The largest absolute Gasteiger partial charge is 0.355 e. The van der Waals surface area contributed by atoms with Gasteiger partial charge in [-0.1, -0.05) is 18.2 Å². The third kappa shape index (κ3) is 2.28. The number of nitrogens with zero attached hydrogens (tertiary/aromatic N) is 1. The summed E-state index contributed by atoms with van der Waals surface area (Å²) in [4.78, 5) is 5.69. The van der Waals surface area contributed by atoms with Gasteiger partial charge in [0.15, 0.2) is 10.9 Å². The first-order chi connectivity index (χ1) is 8.07. The van der Waals surface area contributed by atoms with Crippen LogP contribution in [-0.4, -0.2) is 17.8 Å². The lowest BCUT2D eigenvalue weighted by Gasteiger charge is -2.35. The van der Waals surface area contributed by atoms with E-state index in [1.165, 1.54) is 4.88 Å². The fourth-order valence-electron chi connectivity index (χ4n) is 1.76. The molecule has 1 radical (unpaired) electrons. The molecule has 0 bridgehead atoms. The van der Waals surface area contributed by atoms with E-state index in [1.54, 1.807) is 18.4 Å². The number of aromatic nitrogens is 1. The molecule has 4 heteroatoms. The van der Waals surface area contributed by atoms with E-state index in [2.05, 4.69) is 24.1 Å². The zero-order valence-corrected chi connectivity index (χ0v) is 11.2. The average molecular weight is 249 g/mol. The van der Waals surface area contributed by atoms with Crippen LogP contribution in [0.4, 0.5) is 5.13 Å². The van der Waals surface area contributed by atoms with Gasteiger partial charge in [0.25, 0.3) is 0 Å². The third-order valence-corrected chi connectivity index (χ3v) is 4.01. The molecule has 1 aromatic heterocycles. The molecule has 1 heterocycles. The topological polar surface area (TPSA) is 34.2 Å². The molecule has 1 aromatic rings. The van der Waals surface area contributed by atoms with Crippen molar-refractivity contribution >= 4 is 16.5 Å². The second-order valence-corrected chi connectivity index (χ2v) is 5.34. The Kier molecular flexibility index (Phi) is 3.35. The fraction of sp³-hybridized carbons (Fsp3) is 0.385. The number of nitrogens with one attached hydrogen (secondary N) is 1. The van der Waals surface area contributed by atoms with Gasteiger partial charge in [-0.2, -0.15) is 0 Å². The number of methoxy groups -OCH3 is 1. The quantitative estimate of drug-likeness (QED) is 0.836. The SMILES string of the molecule is [CH2]C1C=CC=CC1(Nc1nc(C)c(C)s1)OC. The number of ether oxygens (including phenoxy) is 1. The van der Waals surface area contributed by atoms with Crippen LogP contribution in [0.5, 0.6) is 0 Å². The number of aryl methyl sites for hydroxylation is 2. The van der Waals surface area contributed by atoms with Crippen LogP contribution >= 0.6 is 11.3 Å². The predicted molar refractivity (Wildman–Crippen MR) is 72.1 cm³/mol. The van der Waals surface area contributed by atoms with E-state index in [0.717, 1.165) is 10.8 Å². The first-order valence-corrected chi connectivity index (χ1v) is 6.35. The average Bonchev–Trinajstić information content (AvgIpc) is 2.61. The molecule has 2 unspecified atom stereocenters. The molecule has 0 amide bonds. The molecule has 3 nitrogen and oxygen atoms in total. The van der Waals surface area contributed by atoms with Gasteiger partial charge >= 0.3 is 0 Å². The van der Waals surface area contributed by atoms with Gasteiger partial charge in [-0.3, -0.25) is 0 Å². The lowest BCUT2D eigenvalue weighted by atomic mass is 9.93. The summed E-state index contributed by atoms with van der Waals surface area (Å²) in [5.41, 5.74) is 0.463. The van der Waals surface area contributed by atoms with Crippen molar-refractivity contribution in [2.75, 3.05) is 12.4 Å². The zero-order chi connectivity index (χ0) is 12.5. The molecule has 1 N–H and O–H groups in total. The molecule has 17 heavy (non-hydrogen) atoms. The lowest BCUT2D eigenvalue weighted by Crippen LogP contribution is -2.44. The molecule has 0 aromatic carbocycles. The molecular formula is C13H17N2OS. The van der Waals surface area contributed by atoms with Crippen LogP contribution in [-0.2, 0) is 4.74 Å². The van der Waals surface area contributed by atoms with E-state index >= 15 is 0 Å². The summed E-state index contributed by atoms with van der Waals surface area (Å²) in [5, 5.41) is 4.21. The summed E-state index contributed by atoms with van der Waals surface area (Å²) >= 11 is 1.64. The van der Waals surface area contributed by atoms with Crippen molar-refractivity contribution in [1.82, 2.24) is 4.98 Å². The number of rotatable bonds is 3. The van der Waals surface area contributed by atoms with Crippen LogP contribution in [0.3, 0.4) is 0 Å². The molecule has 0 saturated carbocycles. The van der Waals surface area contributed by atoms with Gasteiger partial charge < -0.3 is 10.1 Å². The second kappa shape index (κ2) is 4.63. The van der Waals surface area contributed by atoms with E-state index in [9.17, 15) is 0 Å². The van der Waals surface area contributed by atoms with Gasteiger partial charge in [0.05, 0.1) is 5.69 Å². The maximum Gasteiger partial charge on any atom is 0.185 e. The highest BCUT2D eigenvalue weighted by molar-refractivity contribution is 7.15. The van der Waals surface area contributed by atoms with Crippen LogP contribution in [0, 0.1) is 26.7 Å². The number of allylic oxidation sites excluding steroid dienone is 2. The van der Waals surface area contributed by atoms with E-state index in [0.29, 0.717) is 0 Å². The maximum absolute atomic E-state index is 5.60. The van der Waals surface area contributed by atoms with E-state index < -0.39 is 5.72 Å². The molecule has 91 valence electrons. The number of anilines is 1. The summed E-state index contributed by atoms with van der Waals surface area (Å²) in [6.45, 7) is 8.17. The molecule has 2 rings (SSSR count). The van der Waals surface area contributed by atoms with Crippen LogP contribution in [0.25, 0.3) is 0 Å². The fourth-order valence-corrected chi connectivity index (χ4v) is 2.64. The minimum absolute atomic E-state index is 0.0158. The minimum atomic E-state index is -0.592. The maximum atomic E-state index is 5.60. The van der Waals surface area contributed by atoms with Crippen LogP contribution in [0.15, 0.2) is 24.3 Å².